The molecule has 0 saturated heterocycles. The number of esters is 1. The molecule has 2 aromatic rings. The Morgan fingerprint density at radius 1 is 1.21 bits per heavy atom. The molecule has 0 bridgehead atoms. The van der Waals surface area contributed by atoms with Gasteiger partial charge in [0.05, 0.1) is 16.6 Å². The van der Waals surface area contributed by atoms with Crippen LogP contribution in [-0.2, 0) is 14.3 Å². The summed E-state index contributed by atoms with van der Waals surface area (Å²) >= 11 is 0. The van der Waals surface area contributed by atoms with Crippen molar-refractivity contribution < 1.29 is 28.7 Å². The number of carbonyl (C=O) groups excluding carboxylic acids is 2. The number of hydrogen-bond acceptors (Lipinski definition) is 7. The van der Waals surface area contributed by atoms with Gasteiger partial charge in [-0.25, -0.2) is 4.79 Å². The minimum Gasteiger partial charge on any atom is -0.454 e. The van der Waals surface area contributed by atoms with E-state index in [1.54, 1.807) is 0 Å². The van der Waals surface area contributed by atoms with Crippen molar-refractivity contribution in [3.05, 3.63) is 63.2 Å². The van der Waals surface area contributed by atoms with E-state index in [-0.39, 0.29) is 23.8 Å². The van der Waals surface area contributed by atoms with Crippen LogP contribution in [0.2, 0.25) is 0 Å². The van der Waals surface area contributed by atoms with E-state index in [2.05, 4.69) is 5.32 Å². The average molecular weight is 398 g/mol. The number of aryl methyl sites for hydroxylation is 2. The molecule has 1 heterocycles. The lowest BCUT2D eigenvalue weighted by molar-refractivity contribution is -0.385. The van der Waals surface area contributed by atoms with E-state index in [0.717, 1.165) is 17.2 Å². The monoisotopic (exact) mass is 398 g/mol. The average Bonchev–Trinajstić information content (AvgIpc) is 3.14. The smallest absolute Gasteiger partial charge is 0.331 e. The van der Waals surface area contributed by atoms with E-state index >= 15 is 0 Å². The fourth-order valence-corrected chi connectivity index (χ4v) is 2.77. The van der Waals surface area contributed by atoms with Crippen molar-refractivity contribution in [2.45, 2.75) is 13.8 Å². The van der Waals surface area contributed by atoms with Gasteiger partial charge in [-0.3, -0.25) is 14.9 Å². The number of carbonyl (C=O) groups is 2. The van der Waals surface area contributed by atoms with Crippen LogP contribution in [0.25, 0.3) is 6.08 Å². The van der Waals surface area contributed by atoms with Gasteiger partial charge in [0.15, 0.2) is 18.1 Å². The van der Waals surface area contributed by atoms with Crippen molar-refractivity contribution in [2.75, 3.05) is 18.7 Å². The SMILES string of the molecule is Cc1cccc(C)c1NC(=O)COC(=O)/C=C/c1cc2c(cc1[N+](=O)[O-])OCO2. The second-order valence-corrected chi connectivity index (χ2v) is 6.28. The third-order valence-corrected chi connectivity index (χ3v) is 4.21. The fourth-order valence-electron chi connectivity index (χ4n) is 2.77. The number of rotatable bonds is 6. The zero-order chi connectivity index (χ0) is 21.0. The summed E-state index contributed by atoms with van der Waals surface area (Å²) in [7, 11) is 0. The van der Waals surface area contributed by atoms with Crippen LogP contribution >= 0.6 is 0 Å². The van der Waals surface area contributed by atoms with E-state index in [1.807, 2.05) is 32.0 Å². The highest BCUT2D eigenvalue weighted by atomic mass is 16.7. The Morgan fingerprint density at radius 2 is 1.86 bits per heavy atom. The molecule has 1 aliphatic heterocycles. The highest BCUT2D eigenvalue weighted by Gasteiger charge is 2.22. The van der Waals surface area contributed by atoms with Gasteiger partial charge in [0.2, 0.25) is 6.79 Å². The molecule has 0 saturated carbocycles. The zero-order valence-electron chi connectivity index (χ0n) is 15.8. The predicted octanol–water partition coefficient (Wildman–Crippen LogP) is 3.14. The van der Waals surface area contributed by atoms with Crippen molar-refractivity contribution in [2.24, 2.45) is 0 Å². The predicted molar refractivity (Wildman–Crippen MR) is 104 cm³/mol. The summed E-state index contributed by atoms with van der Waals surface area (Å²) in [6, 6.07) is 8.22. The zero-order valence-corrected chi connectivity index (χ0v) is 15.8. The van der Waals surface area contributed by atoms with Crippen LogP contribution in [0.5, 0.6) is 11.5 Å². The first-order chi connectivity index (χ1) is 13.8. The highest BCUT2D eigenvalue weighted by Crippen LogP contribution is 2.38. The number of anilines is 1. The number of ether oxygens (including phenoxy) is 3. The maximum atomic E-state index is 12.0. The normalized spacial score (nSPS) is 12.1. The lowest BCUT2D eigenvalue weighted by atomic mass is 10.1. The third kappa shape index (κ3) is 4.70. The first-order valence-electron chi connectivity index (χ1n) is 8.64. The van der Waals surface area contributed by atoms with E-state index in [4.69, 9.17) is 14.2 Å². The second kappa shape index (κ2) is 8.42. The minimum atomic E-state index is -0.811. The van der Waals surface area contributed by atoms with Crippen LogP contribution in [0.3, 0.4) is 0 Å². The molecule has 1 aliphatic rings. The van der Waals surface area contributed by atoms with Gasteiger partial charge in [-0.15, -0.1) is 0 Å². The van der Waals surface area contributed by atoms with Crippen LogP contribution in [0.1, 0.15) is 16.7 Å². The van der Waals surface area contributed by atoms with Crippen LogP contribution in [0.15, 0.2) is 36.4 Å². The van der Waals surface area contributed by atoms with Crippen LogP contribution < -0.4 is 14.8 Å². The number of fused-ring (bicyclic) bond motifs is 1. The summed E-state index contributed by atoms with van der Waals surface area (Å²) in [6.45, 7) is 3.20. The van der Waals surface area contributed by atoms with E-state index in [9.17, 15) is 19.7 Å². The molecule has 9 heteroatoms. The molecular formula is C20H18N2O7. The lowest BCUT2D eigenvalue weighted by Crippen LogP contribution is -2.21. The Kier molecular flexibility index (Phi) is 5.77. The topological polar surface area (TPSA) is 117 Å². The maximum Gasteiger partial charge on any atom is 0.331 e. The van der Waals surface area contributed by atoms with Gasteiger partial charge in [0.1, 0.15) is 0 Å². The molecule has 1 amide bonds. The maximum absolute atomic E-state index is 12.0. The number of nitrogens with zero attached hydrogens (tertiary/aromatic N) is 1. The lowest BCUT2D eigenvalue weighted by Gasteiger charge is -2.11. The van der Waals surface area contributed by atoms with Crippen molar-refractivity contribution >= 4 is 29.3 Å². The number of hydrogen-bond donors (Lipinski definition) is 1. The summed E-state index contributed by atoms with van der Waals surface area (Å²) < 4.78 is 15.2. The Hall–Kier alpha value is -3.88. The van der Waals surface area contributed by atoms with Crippen molar-refractivity contribution in [1.82, 2.24) is 0 Å². The van der Waals surface area contributed by atoms with Gasteiger partial charge in [0.25, 0.3) is 11.6 Å². The number of nitrogens with one attached hydrogen (secondary N) is 1. The van der Waals surface area contributed by atoms with Crippen molar-refractivity contribution in [1.29, 1.82) is 0 Å². The summed E-state index contributed by atoms with van der Waals surface area (Å²) in [5, 5.41) is 13.9. The summed E-state index contributed by atoms with van der Waals surface area (Å²) in [5.41, 5.74) is 2.35. The molecule has 150 valence electrons. The quantitative estimate of drug-likeness (QED) is 0.344. The number of para-hydroxylation sites is 1. The standard InChI is InChI=1S/C20H18N2O7/c1-12-4-3-5-13(2)20(12)21-18(23)10-27-19(24)7-6-14-8-16-17(29-11-28-16)9-15(14)22(25)26/h3-9H,10-11H2,1-2H3,(H,21,23)/b7-6+. The molecule has 9 nitrogen and oxygen atoms in total. The molecule has 0 unspecified atom stereocenters. The first kappa shape index (κ1) is 19.9. The Balaban J connectivity index is 1.62. The molecule has 1 N–H and O–H groups in total. The Bertz CT molecular complexity index is 994. The molecule has 0 radical (unpaired) electrons. The fraction of sp³-hybridized carbons (Fsp3) is 0.200. The Labute approximate surface area is 166 Å². The molecular weight excluding hydrogens is 380 g/mol. The summed E-state index contributed by atoms with van der Waals surface area (Å²) in [6.07, 6.45) is 2.24. The van der Waals surface area contributed by atoms with Gasteiger partial charge in [-0.2, -0.15) is 0 Å². The summed E-state index contributed by atoms with van der Waals surface area (Å²) in [5.74, 6) is -0.692. The van der Waals surface area contributed by atoms with Gasteiger partial charge < -0.3 is 19.5 Å². The third-order valence-electron chi connectivity index (χ3n) is 4.21. The molecule has 29 heavy (non-hydrogen) atoms. The van der Waals surface area contributed by atoms with Gasteiger partial charge in [0, 0.05) is 11.8 Å². The largest absolute Gasteiger partial charge is 0.454 e. The molecule has 0 fully saturated rings. The summed E-state index contributed by atoms with van der Waals surface area (Å²) in [4.78, 5) is 34.6. The number of benzene rings is 2. The number of nitro groups is 1. The minimum absolute atomic E-state index is 0.0306. The van der Waals surface area contributed by atoms with Crippen LogP contribution in [0.4, 0.5) is 11.4 Å². The molecule has 3 rings (SSSR count). The van der Waals surface area contributed by atoms with Crippen molar-refractivity contribution in [3.63, 3.8) is 0 Å². The Morgan fingerprint density at radius 3 is 2.52 bits per heavy atom. The number of nitro benzene ring substituents is 1. The van der Waals surface area contributed by atoms with E-state index < -0.39 is 23.4 Å². The first-order valence-corrected chi connectivity index (χ1v) is 8.64. The second-order valence-electron chi connectivity index (χ2n) is 6.28. The molecule has 2 aromatic carbocycles. The van der Waals surface area contributed by atoms with E-state index in [0.29, 0.717) is 11.4 Å². The van der Waals surface area contributed by atoms with Crippen molar-refractivity contribution in [3.8, 4) is 11.5 Å². The van der Waals surface area contributed by atoms with E-state index in [1.165, 1.54) is 18.2 Å². The van der Waals surface area contributed by atoms with Crippen LogP contribution in [-0.4, -0.2) is 30.2 Å². The number of amides is 1. The highest BCUT2D eigenvalue weighted by molar-refractivity contribution is 5.95. The van der Waals surface area contributed by atoms with Gasteiger partial charge >= 0.3 is 5.97 Å². The van der Waals surface area contributed by atoms with Gasteiger partial charge in [-0.05, 0) is 37.1 Å². The molecule has 0 atom stereocenters. The molecule has 0 spiro atoms. The van der Waals surface area contributed by atoms with Crippen LogP contribution in [0, 0.1) is 24.0 Å². The molecule has 0 aliphatic carbocycles. The molecule has 0 aromatic heterocycles. The van der Waals surface area contributed by atoms with Gasteiger partial charge in [-0.1, -0.05) is 18.2 Å².